The monoisotopic (exact) mass is 284 g/mol. The summed E-state index contributed by atoms with van der Waals surface area (Å²) >= 11 is 1.68. The largest absolute Gasteiger partial charge is 0.287 e. The van der Waals surface area contributed by atoms with Crippen LogP contribution in [0.15, 0.2) is 34.2 Å². The van der Waals surface area contributed by atoms with E-state index in [1.807, 2.05) is 10.6 Å². The van der Waals surface area contributed by atoms with E-state index in [-0.39, 0.29) is 11.0 Å². The Morgan fingerprint density at radius 2 is 2.10 bits per heavy atom. The molecule has 0 saturated heterocycles. The van der Waals surface area contributed by atoms with Gasteiger partial charge in [-0.25, -0.2) is 4.98 Å². The first-order valence-electron chi connectivity index (χ1n) is 6.94. The van der Waals surface area contributed by atoms with Crippen molar-refractivity contribution in [3.8, 4) is 11.3 Å². The SMILES string of the molecule is CC1(C)Cc2c(nc3n(c2=O)CCS3)-c2ccccc21. The Balaban J connectivity index is 2.08. The van der Waals surface area contributed by atoms with Crippen LogP contribution in [-0.4, -0.2) is 15.3 Å². The lowest BCUT2D eigenvalue weighted by Gasteiger charge is -2.33. The molecule has 0 atom stereocenters. The van der Waals surface area contributed by atoms with Gasteiger partial charge in [0.05, 0.1) is 5.69 Å². The number of hydrogen-bond acceptors (Lipinski definition) is 3. The molecule has 2 heterocycles. The molecule has 20 heavy (non-hydrogen) atoms. The summed E-state index contributed by atoms with van der Waals surface area (Å²) in [5, 5.41) is 0.878. The van der Waals surface area contributed by atoms with E-state index < -0.39 is 0 Å². The third-order valence-corrected chi connectivity index (χ3v) is 5.26. The van der Waals surface area contributed by atoms with Gasteiger partial charge in [0.2, 0.25) is 0 Å². The van der Waals surface area contributed by atoms with Crippen molar-refractivity contribution in [3.05, 3.63) is 45.7 Å². The summed E-state index contributed by atoms with van der Waals surface area (Å²) < 4.78 is 1.84. The van der Waals surface area contributed by atoms with Crippen LogP contribution in [0.3, 0.4) is 0 Å². The molecule has 0 radical (unpaired) electrons. The predicted molar refractivity (Wildman–Crippen MR) is 81.4 cm³/mol. The third kappa shape index (κ3) is 1.54. The van der Waals surface area contributed by atoms with Crippen molar-refractivity contribution in [2.75, 3.05) is 5.75 Å². The van der Waals surface area contributed by atoms with E-state index in [4.69, 9.17) is 4.98 Å². The molecule has 0 N–H and O–H groups in total. The molecule has 0 spiro atoms. The zero-order valence-electron chi connectivity index (χ0n) is 11.6. The van der Waals surface area contributed by atoms with Crippen molar-refractivity contribution in [1.29, 1.82) is 0 Å². The number of aromatic nitrogens is 2. The molecule has 0 bridgehead atoms. The Labute approximate surface area is 122 Å². The fourth-order valence-electron chi connectivity index (χ4n) is 3.31. The van der Waals surface area contributed by atoms with Crippen molar-refractivity contribution >= 4 is 11.8 Å². The molecule has 1 aliphatic carbocycles. The topological polar surface area (TPSA) is 34.9 Å². The minimum absolute atomic E-state index is 0.00895. The summed E-state index contributed by atoms with van der Waals surface area (Å²) in [5.41, 5.74) is 4.38. The van der Waals surface area contributed by atoms with Gasteiger partial charge in [0.25, 0.3) is 5.56 Å². The lowest BCUT2D eigenvalue weighted by molar-refractivity contribution is 0.502. The number of benzene rings is 1. The highest BCUT2D eigenvalue weighted by Crippen LogP contribution is 2.41. The second-order valence-corrected chi connectivity index (χ2v) is 7.20. The smallest absolute Gasteiger partial charge is 0.258 e. The average molecular weight is 284 g/mol. The minimum Gasteiger partial charge on any atom is -0.287 e. The average Bonchev–Trinajstić information content (AvgIpc) is 2.89. The van der Waals surface area contributed by atoms with Gasteiger partial charge >= 0.3 is 0 Å². The molecule has 102 valence electrons. The van der Waals surface area contributed by atoms with E-state index in [2.05, 4.69) is 32.0 Å². The van der Waals surface area contributed by atoms with Crippen LogP contribution < -0.4 is 5.56 Å². The summed E-state index contributed by atoms with van der Waals surface area (Å²) in [6.07, 6.45) is 0.774. The van der Waals surface area contributed by atoms with Crippen molar-refractivity contribution in [3.63, 3.8) is 0 Å². The Hall–Kier alpha value is -1.55. The molecule has 4 rings (SSSR count). The van der Waals surface area contributed by atoms with Crippen molar-refractivity contribution < 1.29 is 0 Å². The first-order valence-corrected chi connectivity index (χ1v) is 7.93. The fourth-order valence-corrected chi connectivity index (χ4v) is 4.25. The standard InChI is InChI=1S/C16H16N2OS/c1-16(2)9-11-13(10-5-3-4-6-12(10)16)17-15-18(14(11)19)7-8-20-15/h3-6H,7-9H2,1-2H3. The molecule has 2 aromatic rings. The number of hydrogen-bond donors (Lipinski definition) is 0. The lowest BCUT2D eigenvalue weighted by Crippen LogP contribution is -2.34. The van der Waals surface area contributed by atoms with Crippen LogP contribution in [0.4, 0.5) is 0 Å². The second-order valence-electron chi connectivity index (χ2n) is 6.13. The van der Waals surface area contributed by atoms with Crippen LogP contribution in [0.2, 0.25) is 0 Å². The summed E-state index contributed by atoms with van der Waals surface area (Å²) in [4.78, 5) is 17.5. The van der Waals surface area contributed by atoms with Gasteiger partial charge < -0.3 is 0 Å². The van der Waals surface area contributed by atoms with Crippen LogP contribution in [0.25, 0.3) is 11.3 Å². The fraction of sp³-hybridized carbons (Fsp3) is 0.375. The highest BCUT2D eigenvalue weighted by molar-refractivity contribution is 7.99. The minimum atomic E-state index is -0.00895. The molecule has 0 saturated carbocycles. The Kier molecular flexibility index (Phi) is 2.43. The van der Waals surface area contributed by atoms with Crippen LogP contribution in [0.1, 0.15) is 25.0 Å². The Morgan fingerprint density at radius 3 is 2.95 bits per heavy atom. The van der Waals surface area contributed by atoms with Crippen LogP contribution >= 0.6 is 11.8 Å². The molecule has 0 fully saturated rings. The van der Waals surface area contributed by atoms with Gasteiger partial charge in [-0.15, -0.1) is 0 Å². The van der Waals surface area contributed by atoms with Gasteiger partial charge in [-0.1, -0.05) is 49.9 Å². The maximum Gasteiger partial charge on any atom is 0.258 e. The van der Waals surface area contributed by atoms with E-state index in [9.17, 15) is 4.79 Å². The summed E-state index contributed by atoms with van der Waals surface area (Å²) in [5.74, 6) is 0.955. The maximum atomic E-state index is 12.7. The van der Waals surface area contributed by atoms with E-state index in [1.54, 1.807) is 11.8 Å². The molecule has 0 unspecified atom stereocenters. The predicted octanol–water partition coefficient (Wildman–Crippen LogP) is 2.85. The molecule has 4 heteroatoms. The van der Waals surface area contributed by atoms with Crippen molar-refractivity contribution in [2.24, 2.45) is 0 Å². The second kappa shape index (κ2) is 3.98. The first kappa shape index (κ1) is 12.2. The molecule has 1 aliphatic heterocycles. The number of rotatable bonds is 0. The zero-order valence-corrected chi connectivity index (χ0v) is 12.5. The van der Waals surface area contributed by atoms with Gasteiger partial charge in [-0.3, -0.25) is 9.36 Å². The molecule has 3 nitrogen and oxygen atoms in total. The highest BCUT2D eigenvalue weighted by Gasteiger charge is 2.34. The molecule has 1 aromatic carbocycles. The van der Waals surface area contributed by atoms with E-state index >= 15 is 0 Å². The molecule has 2 aliphatic rings. The van der Waals surface area contributed by atoms with Gasteiger partial charge in [0, 0.05) is 23.4 Å². The maximum absolute atomic E-state index is 12.7. The number of nitrogens with zero attached hydrogens (tertiary/aromatic N) is 2. The van der Waals surface area contributed by atoms with Gasteiger partial charge in [-0.05, 0) is 17.4 Å². The Bertz CT molecular complexity index is 777. The molecule has 1 aromatic heterocycles. The van der Waals surface area contributed by atoms with Gasteiger partial charge in [-0.2, -0.15) is 0 Å². The van der Waals surface area contributed by atoms with E-state index in [0.717, 1.165) is 40.7 Å². The van der Waals surface area contributed by atoms with E-state index in [0.29, 0.717) is 0 Å². The number of thioether (sulfide) groups is 1. The van der Waals surface area contributed by atoms with Crippen molar-refractivity contribution in [1.82, 2.24) is 9.55 Å². The van der Waals surface area contributed by atoms with Gasteiger partial charge in [0.1, 0.15) is 0 Å². The molecular weight excluding hydrogens is 268 g/mol. The summed E-state index contributed by atoms with van der Waals surface area (Å²) in [6.45, 7) is 5.21. The third-order valence-electron chi connectivity index (χ3n) is 4.30. The first-order chi connectivity index (χ1) is 9.58. The summed E-state index contributed by atoms with van der Waals surface area (Å²) in [7, 11) is 0. The van der Waals surface area contributed by atoms with Crippen molar-refractivity contribution in [2.45, 2.75) is 37.4 Å². The summed E-state index contributed by atoms with van der Waals surface area (Å²) in [6, 6.07) is 8.36. The zero-order chi connectivity index (χ0) is 13.9. The highest BCUT2D eigenvalue weighted by atomic mass is 32.2. The Morgan fingerprint density at radius 1 is 1.30 bits per heavy atom. The van der Waals surface area contributed by atoms with Crippen LogP contribution in [-0.2, 0) is 18.4 Å². The molecule has 0 amide bonds. The quantitative estimate of drug-likeness (QED) is 0.698. The van der Waals surface area contributed by atoms with Crippen LogP contribution in [0.5, 0.6) is 0 Å². The lowest BCUT2D eigenvalue weighted by atomic mass is 9.72. The normalized spacial score (nSPS) is 18.3. The van der Waals surface area contributed by atoms with E-state index in [1.165, 1.54) is 5.56 Å². The van der Waals surface area contributed by atoms with Crippen LogP contribution in [0, 0.1) is 0 Å². The van der Waals surface area contributed by atoms with Gasteiger partial charge in [0.15, 0.2) is 5.16 Å². The number of fused-ring (bicyclic) bond motifs is 4. The molecular formula is C16H16N2OS.